The number of piperidine rings is 1. The molecule has 0 bridgehead atoms. The molecule has 1 aromatic carbocycles. The Morgan fingerprint density at radius 1 is 1.24 bits per heavy atom. The van der Waals surface area contributed by atoms with Crippen LogP contribution in [-0.2, 0) is 11.3 Å². The van der Waals surface area contributed by atoms with E-state index in [0.29, 0.717) is 12.5 Å². The summed E-state index contributed by atoms with van der Waals surface area (Å²) in [6.45, 7) is 2.87. The van der Waals surface area contributed by atoms with E-state index < -0.39 is 0 Å². The molecule has 1 aliphatic rings. The van der Waals surface area contributed by atoms with Crippen molar-refractivity contribution in [1.82, 2.24) is 5.32 Å². The van der Waals surface area contributed by atoms with Crippen molar-refractivity contribution in [3.05, 3.63) is 29.3 Å². The minimum atomic E-state index is 0.614. The van der Waals surface area contributed by atoms with E-state index in [1.165, 1.54) is 24.0 Å². The van der Waals surface area contributed by atoms with Gasteiger partial charge in [0.25, 0.3) is 0 Å². The van der Waals surface area contributed by atoms with Gasteiger partial charge in [-0.25, -0.2) is 0 Å². The Labute approximate surface area is 103 Å². The number of hydrogen-bond donors (Lipinski definition) is 1. The van der Waals surface area contributed by atoms with Gasteiger partial charge in [-0.15, -0.1) is 0 Å². The lowest BCUT2D eigenvalue weighted by Gasteiger charge is -2.25. The van der Waals surface area contributed by atoms with Gasteiger partial charge < -0.3 is 14.8 Å². The van der Waals surface area contributed by atoms with E-state index in [4.69, 9.17) is 9.47 Å². The molecule has 1 fully saturated rings. The van der Waals surface area contributed by atoms with E-state index >= 15 is 0 Å². The minimum Gasteiger partial charge on any atom is -0.496 e. The summed E-state index contributed by atoms with van der Waals surface area (Å²) in [6, 6.07) is 6.37. The van der Waals surface area contributed by atoms with Crippen molar-refractivity contribution in [3.8, 4) is 5.75 Å². The summed E-state index contributed by atoms with van der Waals surface area (Å²) in [5.41, 5.74) is 2.56. The van der Waals surface area contributed by atoms with Gasteiger partial charge in [0.2, 0.25) is 0 Å². The molecular formula is C14H21NO2. The predicted octanol–water partition coefficient (Wildman–Crippen LogP) is 2.31. The fourth-order valence-electron chi connectivity index (χ4n) is 2.49. The molecule has 94 valence electrons. The molecule has 0 saturated carbocycles. The molecule has 1 saturated heterocycles. The molecule has 0 aliphatic carbocycles. The maximum absolute atomic E-state index is 5.47. The topological polar surface area (TPSA) is 30.5 Å². The van der Waals surface area contributed by atoms with Crippen molar-refractivity contribution in [3.63, 3.8) is 0 Å². The van der Waals surface area contributed by atoms with Crippen molar-refractivity contribution in [1.29, 1.82) is 0 Å². The predicted molar refractivity (Wildman–Crippen MR) is 68.6 cm³/mol. The van der Waals surface area contributed by atoms with Crippen LogP contribution < -0.4 is 10.1 Å². The van der Waals surface area contributed by atoms with Crippen molar-refractivity contribution in [2.24, 2.45) is 0 Å². The SMILES string of the molecule is COCc1ccc(OC)c(C2CCNCC2)c1. The van der Waals surface area contributed by atoms with E-state index in [0.717, 1.165) is 18.8 Å². The van der Waals surface area contributed by atoms with Crippen molar-refractivity contribution >= 4 is 0 Å². The van der Waals surface area contributed by atoms with Crippen LogP contribution >= 0.6 is 0 Å². The van der Waals surface area contributed by atoms with Gasteiger partial charge in [0.05, 0.1) is 13.7 Å². The van der Waals surface area contributed by atoms with Crippen LogP contribution in [0.4, 0.5) is 0 Å². The lowest BCUT2D eigenvalue weighted by Crippen LogP contribution is -2.26. The van der Waals surface area contributed by atoms with Gasteiger partial charge in [0.1, 0.15) is 5.75 Å². The molecule has 2 rings (SSSR count). The highest BCUT2D eigenvalue weighted by atomic mass is 16.5. The van der Waals surface area contributed by atoms with Crippen LogP contribution in [0.3, 0.4) is 0 Å². The van der Waals surface area contributed by atoms with Gasteiger partial charge in [0.15, 0.2) is 0 Å². The molecule has 0 unspecified atom stereocenters. The first-order valence-corrected chi connectivity index (χ1v) is 6.21. The number of methoxy groups -OCH3 is 2. The quantitative estimate of drug-likeness (QED) is 0.868. The maximum Gasteiger partial charge on any atom is 0.122 e. The minimum absolute atomic E-state index is 0.614. The standard InChI is InChI=1S/C14H21NO2/c1-16-10-11-3-4-14(17-2)13(9-11)12-5-7-15-8-6-12/h3-4,9,12,15H,5-8,10H2,1-2H3. The fourth-order valence-corrected chi connectivity index (χ4v) is 2.49. The molecule has 1 heterocycles. The van der Waals surface area contributed by atoms with Crippen LogP contribution in [0, 0.1) is 0 Å². The number of rotatable bonds is 4. The summed E-state index contributed by atoms with van der Waals surface area (Å²) >= 11 is 0. The van der Waals surface area contributed by atoms with Crippen LogP contribution in [0.5, 0.6) is 5.75 Å². The molecule has 1 aliphatic heterocycles. The number of ether oxygens (including phenoxy) is 2. The third kappa shape index (κ3) is 2.99. The molecule has 0 radical (unpaired) electrons. The Morgan fingerprint density at radius 2 is 2.00 bits per heavy atom. The monoisotopic (exact) mass is 235 g/mol. The van der Waals surface area contributed by atoms with Crippen LogP contribution in [0.1, 0.15) is 29.9 Å². The van der Waals surface area contributed by atoms with Gasteiger partial charge in [0, 0.05) is 7.11 Å². The molecule has 0 aromatic heterocycles. The first-order chi connectivity index (χ1) is 8.35. The second-order valence-corrected chi connectivity index (χ2v) is 4.53. The average molecular weight is 235 g/mol. The lowest BCUT2D eigenvalue weighted by atomic mass is 9.88. The van der Waals surface area contributed by atoms with E-state index in [-0.39, 0.29) is 0 Å². The van der Waals surface area contributed by atoms with E-state index in [1.54, 1.807) is 14.2 Å². The highest BCUT2D eigenvalue weighted by Crippen LogP contribution is 2.33. The van der Waals surface area contributed by atoms with Crippen LogP contribution in [0.2, 0.25) is 0 Å². The molecule has 0 amide bonds. The van der Waals surface area contributed by atoms with Gasteiger partial charge in [-0.3, -0.25) is 0 Å². The molecule has 0 spiro atoms. The Morgan fingerprint density at radius 3 is 2.65 bits per heavy atom. The van der Waals surface area contributed by atoms with Gasteiger partial charge in [-0.1, -0.05) is 6.07 Å². The highest BCUT2D eigenvalue weighted by molar-refractivity contribution is 5.40. The second-order valence-electron chi connectivity index (χ2n) is 4.53. The summed E-state index contributed by atoms with van der Waals surface area (Å²) in [7, 11) is 3.48. The zero-order valence-electron chi connectivity index (χ0n) is 10.7. The molecule has 1 aromatic rings. The molecule has 0 atom stereocenters. The van der Waals surface area contributed by atoms with E-state index in [2.05, 4.69) is 23.5 Å². The molecular weight excluding hydrogens is 214 g/mol. The summed E-state index contributed by atoms with van der Waals surface area (Å²) in [6.07, 6.45) is 2.37. The van der Waals surface area contributed by atoms with Crippen molar-refractivity contribution in [2.75, 3.05) is 27.3 Å². The van der Waals surface area contributed by atoms with Crippen LogP contribution in [0.25, 0.3) is 0 Å². The van der Waals surface area contributed by atoms with Gasteiger partial charge in [-0.05, 0) is 55.1 Å². The van der Waals surface area contributed by atoms with Gasteiger partial charge >= 0.3 is 0 Å². The van der Waals surface area contributed by atoms with Crippen molar-refractivity contribution in [2.45, 2.75) is 25.4 Å². The smallest absolute Gasteiger partial charge is 0.122 e. The zero-order valence-corrected chi connectivity index (χ0v) is 10.7. The Bertz CT molecular complexity index is 359. The van der Waals surface area contributed by atoms with E-state index in [9.17, 15) is 0 Å². The first kappa shape index (κ1) is 12.4. The third-order valence-corrected chi connectivity index (χ3v) is 3.38. The molecule has 17 heavy (non-hydrogen) atoms. The second kappa shape index (κ2) is 6.03. The Hall–Kier alpha value is -1.06. The summed E-state index contributed by atoms with van der Waals surface area (Å²) in [5.74, 6) is 1.62. The zero-order chi connectivity index (χ0) is 12.1. The number of hydrogen-bond acceptors (Lipinski definition) is 3. The van der Waals surface area contributed by atoms with Gasteiger partial charge in [-0.2, -0.15) is 0 Å². The van der Waals surface area contributed by atoms with Crippen LogP contribution in [0.15, 0.2) is 18.2 Å². The third-order valence-electron chi connectivity index (χ3n) is 3.38. The Balaban J connectivity index is 2.24. The molecule has 3 heteroatoms. The number of nitrogens with one attached hydrogen (secondary N) is 1. The highest BCUT2D eigenvalue weighted by Gasteiger charge is 2.19. The Kier molecular flexibility index (Phi) is 4.40. The summed E-state index contributed by atoms with van der Waals surface area (Å²) in [5, 5.41) is 3.40. The maximum atomic E-state index is 5.47. The first-order valence-electron chi connectivity index (χ1n) is 6.21. The molecule has 1 N–H and O–H groups in total. The lowest BCUT2D eigenvalue weighted by molar-refractivity contribution is 0.184. The fraction of sp³-hybridized carbons (Fsp3) is 0.571. The average Bonchev–Trinajstić information content (AvgIpc) is 2.40. The number of benzene rings is 1. The van der Waals surface area contributed by atoms with Crippen LogP contribution in [-0.4, -0.2) is 27.3 Å². The summed E-state index contributed by atoms with van der Waals surface area (Å²) < 4.78 is 10.7. The summed E-state index contributed by atoms with van der Waals surface area (Å²) in [4.78, 5) is 0. The van der Waals surface area contributed by atoms with Crippen molar-refractivity contribution < 1.29 is 9.47 Å². The molecule has 3 nitrogen and oxygen atoms in total. The van der Waals surface area contributed by atoms with E-state index in [1.807, 2.05) is 0 Å². The normalized spacial score (nSPS) is 17.1. The largest absolute Gasteiger partial charge is 0.496 e.